The van der Waals surface area contributed by atoms with Crippen molar-refractivity contribution >= 4 is 11.6 Å². The average molecular weight is 373 g/mol. The standard InChI is InChI=1S/C24H23NO3/c1-18(2)16-27-22-13-11-20(12-14-22)24(26)25-21-9-6-10-23(15-21)28-17-19-7-4-3-5-8-19/h3-15H,1,16-17H2,2H3,(H,25,26). The van der Waals surface area contributed by atoms with Crippen molar-refractivity contribution in [3.8, 4) is 11.5 Å². The topological polar surface area (TPSA) is 47.6 Å². The van der Waals surface area contributed by atoms with Gasteiger partial charge in [0, 0.05) is 17.3 Å². The van der Waals surface area contributed by atoms with E-state index >= 15 is 0 Å². The highest BCUT2D eigenvalue weighted by Gasteiger charge is 2.07. The van der Waals surface area contributed by atoms with Crippen molar-refractivity contribution in [3.05, 3.63) is 102 Å². The summed E-state index contributed by atoms with van der Waals surface area (Å²) in [6.45, 7) is 6.64. The molecule has 0 saturated carbocycles. The van der Waals surface area contributed by atoms with Crippen LogP contribution in [-0.2, 0) is 6.61 Å². The van der Waals surface area contributed by atoms with Gasteiger partial charge in [-0.15, -0.1) is 0 Å². The molecule has 0 heterocycles. The smallest absolute Gasteiger partial charge is 0.255 e. The number of anilines is 1. The first-order valence-electron chi connectivity index (χ1n) is 9.05. The summed E-state index contributed by atoms with van der Waals surface area (Å²) in [5.41, 5.74) is 3.26. The van der Waals surface area contributed by atoms with Crippen LogP contribution in [0.1, 0.15) is 22.8 Å². The first-order chi connectivity index (χ1) is 13.6. The predicted molar refractivity (Wildman–Crippen MR) is 112 cm³/mol. The fraction of sp³-hybridized carbons (Fsp3) is 0.125. The second-order valence-electron chi connectivity index (χ2n) is 6.53. The van der Waals surface area contributed by atoms with E-state index in [9.17, 15) is 4.79 Å². The molecule has 4 heteroatoms. The number of nitrogens with one attached hydrogen (secondary N) is 1. The van der Waals surface area contributed by atoms with Crippen LogP contribution in [0.2, 0.25) is 0 Å². The number of ether oxygens (including phenoxy) is 2. The summed E-state index contributed by atoms with van der Waals surface area (Å²) in [5, 5.41) is 2.89. The number of carbonyl (C=O) groups excluding carboxylic acids is 1. The van der Waals surface area contributed by atoms with Crippen molar-refractivity contribution in [2.75, 3.05) is 11.9 Å². The van der Waals surface area contributed by atoms with Crippen molar-refractivity contribution in [1.82, 2.24) is 0 Å². The molecule has 142 valence electrons. The van der Waals surface area contributed by atoms with E-state index in [2.05, 4.69) is 11.9 Å². The largest absolute Gasteiger partial charge is 0.489 e. The molecule has 0 saturated heterocycles. The number of rotatable bonds is 8. The highest BCUT2D eigenvalue weighted by Crippen LogP contribution is 2.20. The molecule has 0 aliphatic heterocycles. The van der Waals surface area contributed by atoms with Gasteiger partial charge >= 0.3 is 0 Å². The Morgan fingerprint density at radius 1 is 0.893 bits per heavy atom. The first-order valence-corrected chi connectivity index (χ1v) is 9.05. The van der Waals surface area contributed by atoms with Gasteiger partial charge in [0.2, 0.25) is 0 Å². The van der Waals surface area contributed by atoms with Gasteiger partial charge in [-0.3, -0.25) is 4.79 Å². The lowest BCUT2D eigenvalue weighted by Gasteiger charge is -2.10. The van der Waals surface area contributed by atoms with Crippen LogP contribution >= 0.6 is 0 Å². The van der Waals surface area contributed by atoms with E-state index in [-0.39, 0.29) is 5.91 Å². The van der Waals surface area contributed by atoms with Gasteiger partial charge in [0.1, 0.15) is 24.7 Å². The van der Waals surface area contributed by atoms with Crippen LogP contribution < -0.4 is 14.8 Å². The fourth-order valence-electron chi connectivity index (χ4n) is 2.52. The molecule has 3 rings (SSSR count). The molecular formula is C24H23NO3. The Morgan fingerprint density at radius 3 is 2.36 bits per heavy atom. The lowest BCUT2D eigenvalue weighted by molar-refractivity contribution is 0.102. The lowest BCUT2D eigenvalue weighted by Crippen LogP contribution is -2.11. The molecule has 0 aliphatic rings. The summed E-state index contributed by atoms with van der Waals surface area (Å²) in [6.07, 6.45) is 0. The zero-order chi connectivity index (χ0) is 19.8. The third-order valence-electron chi connectivity index (χ3n) is 3.94. The Bertz CT molecular complexity index is 934. The molecule has 28 heavy (non-hydrogen) atoms. The van der Waals surface area contributed by atoms with Gasteiger partial charge in [-0.1, -0.05) is 43.0 Å². The number of benzene rings is 3. The summed E-state index contributed by atoms with van der Waals surface area (Å²) < 4.78 is 11.4. The summed E-state index contributed by atoms with van der Waals surface area (Å²) in [7, 11) is 0. The van der Waals surface area contributed by atoms with E-state index in [1.807, 2.05) is 61.5 Å². The SMILES string of the molecule is C=C(C)COc1ccc(C(=O)Nc2cccc(OCc3ccccc3)c2)cc1. The van der Waals surface area contributed by atoms with Crippen LogP contribution in [-0.4, -0.2) is 12.5 Å². The molecule has 3 aromatic carbocycles. The summed E-state index contributed by atoms with van der Waals surface area (Å²) in [5.74, 6) is 1.22. The van der Waals surface area contributed by atoms with E-state index in [0.29, 0.717) is 36.0 Å². The molecule has 0 fully saturated rings. The zero-order valence-corrected chi connectivity index (χ0v) is 15.9. The van der Waals surface area contributed by atoms with Crippen molar-refractivity contribution < 1.29 is 14.3 Å². The predicted octanol–water partition coefficient (Wildman–Crippen LogP) is 5.47. The van der Waals surface area contributed by atoms with E-state index in [0.717, 1.165) is 11.1 Å². The Balaban J connectivity index is 1.58. The highest BCUT2D eigenvalue weighted by atomic mass is 16.5. The Hall–Kier alpha value is -3.53. The van der Waals surface area contributed by atoms with Gasteiger partial charge in [-0.25, -0.2) is 0 Å². The number of carbonyl (C=O) groups is 1. The second kappa shape index (κ2) is 9.42. The molecular weight excluding hydrogens is 350 g/mol. The molecule has 0 aromatic heterocycles. The zero-order valence-electron chi connectivity index (χ0n) is 15.9. The summed E-state index contributed by atoms with van der Waals surface area (Å²) in [6, 6.07) is 24.3. The van der Waals surface area contributed by atoms with E-state index in [4.69, 9.17) is 9.47 Å². The van der Waals surface area contributed by atoms with Crippen LogP contribution in [0.15, 0.2) is 91.0 Å². The molecule has 0 aliphatic carbocycles. The minimum Gasteiger partial charge on any atom is -0.489 e. The van der Waals surface area contributed by atoms with Gasteiger partial charge in [0.15, 0.2) is 0 Å². The van der Waals surface area contributed by atoms with Crippen molar-refractivity contribution in [2.45, 2.75) is 13.5 Å². The maximum Gasteiger partial charge on any atom is 0.255 e. The van der Waals surface area contributed by atoms with Gasteiger partial charge in [0.05, 0.1) is 0 Å². The number of hydrogen-bond donors (Lipinski definition) is 1. The van der Waals surface area contributed by atoms with Crippen molar-refractivity contribution in [2.24, 2.45) is 0 Å². The first kappa shape index (κ1) is 19.2. The molecule has 1 N–H and O–H groups in total. The maximum atomic E-state index is 12.5. The van der Waals surface area contributed by atoms with E-state index in [1.165, 1.54) is 0 Å². The third kappa shape index (κ3) is 5.74. The molecule has 0 radical (unpaired) electrons. The van der Waals surface area contributed by atoms with Crippen LogP contribution in [0.3, 0.4) is 0 Å². The monoisotopic (exact) mass is 373 g/mol. The molecule has 0 spiro atoms. The van der Waals surface area contributed by atoms with Gasteiger partial charge in [-0.05, 0) is 54.5 Å². The Kier molecular flexibility index (Phi) is 6.47. The maximum absolute atomic E-state index is 12.5. The highest BCUT2D eigenvalue weighted by molar-refractivity contribution is 6.04. The van der Waals surface area contributed by atoms with Crippen LogP contribution in [0, 0.1) is 0 Å². The molecule has 1 amide bonds. The lowest BCUT2D eigenvalue weighted by atomic mass is 10.2. The molecule has 0 bridgehead atoms. The molecule has 4 nitrogen and oxygen atoms in total. The van der Waals surface area contributed by atoms with Crippen LogP contribution in [0.5, 0.6) is 11.5 Å². The molecule has 0 unspecified atom stereocenters. The normalized spacial score (nSPS) is 10.2. The number of amides is 1. The quantitative estimate of drug-likeness (QED) is 0.532. The van der Waals surface area contributed by atoms with E-state index in [1.54, 1.807) is 24.3 Å². The summed E-state index contributed by atoms with van der Waals surface area (Å²) in [4.78, 5) is 12.5. The van der Waals surface area contributed by atoms with Crippen molar-refractivity contribution in [3.63, 3.8) is 0 Å². The average Bonchev–Trinajstić information content (AvgIpc) is 2.72. The summed E-state index contributed by atoms with van der Waals surface area (Å²) >= 11 is 0. The van der Waals surface area contributed by atoms with E-state index < -0.39 is 0 Å². The molecule has 3 aromatic rings. The van der Waals surface area contributed by atoms with Crippen molar-refractivity contribution in [1.29, 1.82) is 0 Å². The van der Waals surface area contributed by atoms with Gasteiger partial charge < -0.3 is 14.8 Å². The molecule has 0 atom stereocenters. The fourth-order valence-corrected chi connectivity index (χ4v) is 2.52. The van der Waals surface area contributed by atoms with Gasteiger partial charge in [0.25, 0.3) is 5.91 Å². The van der Waals surface area contributed by atoms with Crippen LogP contribution in [0.4, 0.5) is 5.69 Å². The Labute approximate surface area is 165 Å². The Morgan fingerprint density at radius 2 is 1.64 bits per heavy atom. The number of hydrogen-bond acceptors (Lipinski definition) is 3. The minimum atomic E-state index is -0.188. The van der Waals surface area contributed by atoms with Crippen LogP contribution in [0.25, 0.3) is 0 Å². The third-order valence-corrected chi connectivity index (χ3v) is 3.94. The minimum absolute atomic E-state index is 0.188. The van der Waals surface area contributed by atoms with Gasteiger partial charge in [-0.2, -0.15) is 0 Å². The second-order valence-corrected chi connectivity index (χ2v) is 6.53.